The highest BCUT2D eigenvalue weighted by Crippen LogP contribution is 2.22. The number of hydrogen-bond acceptors (Lipinski definition) is 4. The van der Waals surface area contributed by atoms with Gasteiger partial charge in [0.05, 0.1) is 11.9 Å². The number of Topliss-reactive ketones (excluding diaryl/α,β-unsaturated/α-hetero) is 1. The molecule has 1 rings (SSSR count). The van der Waals surface area contributed by atoms with Gasteiger partial charge >= 0.3 is 0 Å². The molecule has 1 saturated heterocycles. The van der Waals surface area contributed by atoms with E-state index in [1.165, 1.54) is 0 Å². The topological polar surface area (TPSA) is 49.4 Å². The molecule has 14 heavy (non-hydrogen) atoms. The molecule has 0 aromatic rings. The van der Waals surface area contributed by atoms with Crippen LogP contribution in [0.25, 0.3) is 0 Å². The van der Waals surface area contributed by atoms with Crippen LogP contribution in [0, 0.1) is 0 Å². The van der Waals surface area contributed by atoms with Gasteiger partial charge < -0.3 is 10.2 Å². The molecule has 0 aromatic heterocycles. The molecule has 1 aliphatic rings. The normalized spacial score (nSPS) is 23.6. The van der Waals surface area contributed by atoms with E-state index in [0.29, 0.717) is 5.88 Å². The number of carbonyl (C=O) groups is 2. The molecule has 80 valence electrons. The lowest BCUT2D eigenvalue weighted by atomic mass is 10.2. The monoisotopic (exact) mass is 216 g/mol. The fourth-order valence-corrected chi connectivity index (χ4v) is 2.62. The molecule has 2 unspecified atom stereocenters. The summed E-state index contributed by atoms with van der Waals surface area (Å²) in [6.07, 6.45) is 0. The van der Waals surface area contributed by atoms with E-state index >= 15 is 0 Å². The van der Waals surface area contributed by atoms with Crippen molar-refractivity contribution in [3.63, 3.8) is 0 Å². The van der Waals surface area contributed by atoms with E-state index in [2.05, 4.69) is 5.32 Å². The summed E-state index contributed by atoms with van der Waals surface area (Å²) in [6, 6.07) is -0.432. The molecule has 1 aliphatic heterocycles. The van der Waals surface area contributed by atoms with E-state index in [-0.39, 0.29) is 23.8 Å². The molecular weight excluding hydrogens is 200 g/mol. The smallest absolute Gasteiger partial charge is 0.240 e. The average Bonchev–Trinajstić information content (AvgIpc) is 2.63. The van der Waals surface area contributed by atoms with Crippen LogP contribution in [0.15, 0.2) is 0 Å². The van der Waals surface area contributed by atoms with Crippen molar-refractivity contribution < 1.29 is 9.59 Å². The van der Waals surface area contributed by atoms with Gasteiger partial charge in [-0.1, -0.05) is 0 Å². The molecule has 0 aromatic carbocycles. The van der Waals surface area contributed by atoms with E-state index in [9.17, 15) is 9.59 Å². The summed E-state index contributed by atoms with van der Waals surface area (Å²) in [4.78, 5) is 24.7. The Morgan fingerprint density at radius 1 is 1.57 bits per heavy atom. The molecule has 1 N–H and O–H groups in total. The van der Waals surface area contributed by atoms with Gasteiger partial charge in [-0.25, -0.2) is 0 Å². The summed E-state index contributed by atoms with van der Waals surface area (Å²) < 4.78 is 0. The number of nitrogens with zero attached hydrogens (tertiary/aromatic N) is 1. The number of ketones is 1. The third-order valence-corrected chi connectivity index (χ3v) is 3.45. The second-order valence-corrected chi connectivity index (χ2v) is 4.44. The van der Waals surface area contributed by atoms with Crippen LogP contribution in [-0.4, -0.2) is 47.4 Å². The quantitative estimate of drug-likeness (QED) is 0.726. The Bertz CT molecular complexity index is 245. The Kier molecular flexibility index (Phi) is 3.95. The number of rotatable bonds is 3. The first-order valence-corrected chi connectivity index (χ1v) is 5.79. The van der Waals surface area contributed by atoms with Crippen LogP contribution in [0.1, 0.15) is 13.8 Å². The van der Waals surface area contributed by atoms with Crippen molar-refractivity contribution in [3.8, 4) is 0 Å². The van der Waals surface area contributed by atoms with Crippen molar-refractivity contribution in [2.24, 2.45) is 0 Å². The lowest BCUT2D eigenvalue weighted by Crippen LogP contribution is -2.48. The van der Waals surface area contributed by atoms with E-state index in [0.717, 1.165) is 5.75 Å². The number of hydrogen-bond donors (Lipinski definition) is 1. The van der Waals surface area contributed by atoms with Crippen molar-refractivity contribution in [2.45, 2.75) is 25.9 Å². The second kappa shape index (κ2) is 4.79. The Hall–Kier alpha value is -0.550. The van der Waals surface area contributed by atoms with Gasteiger partial charge in [-0.05, 0) is 20.9 Å². The highest BCUT2D eigenvalue weighted by Gasteiger charge is 2.33. The standard InChI is InChI=1S/C9H16N2O2S/c1-6(10-3)9(13)11-5-14-4-8(11)7(2)12/h6,8,10H,4-5H2,1-3H3. The SMILES string of the molecule is CNC(C)C(=O)N1CSCC1C(C)=O. The largest absolute Gasteiger partial charge is 0.321 e. The molecule has 0 spiro atoms. The molecule has 1 heterocycles. The summed E-state index contributed by atoms with van der Waals surface area (Å²) in [6.45, 7) is 3.35. The van der Waals surface area contributed by atoms with Crippen molar-refractivity contribution >= 4 is 23.5 Å². The molecule has 0 saturated carbocycles. The van der Waals surface area contributed by atoms with Gasteiger partial charge in [0.15, 0.2) is 5.78 Å². The molecule has 1 amide bonds. The van der Waals surface area contributed by atoms with Crippen molar-refractivity contribution in [1.82, 2.24) is 10.2 Å². The van der Waals surface area contributed by atoms with E-state index < -0.39 is 0 Å². The fraction of sp³-hybridized carbons (Fsp3) is 0.778. The summed E-state index contributed by atoms with van der Waals surface area (Å²) in [7, 11) is 1.74. The number of amides is 1. The Morgan fingerprint density at radius 2 is 2.21 bits per heavy atom. The van der Waals surface area contributed by atoms with E-state index in [1.807, 2.05) is 6.92 Å². The summed E-state index contributed by atoms with van der Waals surface area (Å²) >= 11 is 1.63. The van der Waals surface area contributed by atoms with Gasteiger partial charge in [-0.15, -0.1) is 11.8 Å². The Morgan fingerprint density at radius 3 is 2.71 bits per heavy atom. The molecular formula is C9H16N2O2S. The van der Waals surface area contributed by atoms with Crippen LogP contribution in [0.4, 0.5) is 0 Å². The predicted octanol–water partition coefficient (Wildman–Crippen LogP) is 0.0848. The molecule has 4 nitrogen and oxygen atoms in total. The third kappa shape index (κ3) is 2.27. The summed E-state index contributed by atoms with van der Waals surface area (Å²) in [5.41, 5.74) is 0. The average molecular weight is 216 g/mol. The zero-order valence-corrected chi connectivity index (χ0v) is 9.56. The first-order valence-electron chi connectivity index (χ1n) is 4.64. The first kappa shape index (κ1) is 11.5. The maximum absolute atomic E-state index is 11.8. The van der Waals surface area contributed by atoms with Crippen molar-refractivity contribution in [3.05, 3.63) is 0 Å². The minimum absolute atomic E-state index is 0.0118. The number of nitrogens with one attached hydrogen (secondary N) is 1. The lowest BCUT2D eigenvalue weighted by molar-refractivity contribution is -0.137. The van der Waals surface area contributed by atoms with Crippen LogP contribution in [-0.2, 0) is 9.59 Å². The van der Waals surface area contributed by atoms with Crippen LogP contribution in [0.5, 0.6) is 0 Å². The molecule has 0 aliphatic carbocycles. The summed E-state index contributed by atoms with van der Waals surface area (Å²) in [5, 5.41) is 2.89. The van der Waals surface area contributed by atoms with Gasteiger partial charge in [0, 0.05) is 5.75 Å². The van der Waals surface area contributed by atoms with Crippen molar-refractivity contribution in [2.75, 3.05) is 18.7 Å². The summed E-state index contributed by atoms with van der Waals surface area (Å²) in [5.74, 6) is 1.46. The highest BCUT2D eigenvalue weighted by atomic mass is 32.2. The first-order chi connectivity index (χ1) is 6.57. The van der Waals surface area contributed by atoms with Gasteiger partial charge in [0.1, 0.15) is 6.04 Å². The minimum Gasteiger partial charge on any atom is -0.321 e. The molecule has 0 radical (unpaired) electrons. The molecule has 5 heteroatoms. The molecule has 1 fully saturated rings. The predicted molar refractivity (Wildman–Crippen MR) is 57.2 cm³/mol. The lowest BCUT2D eigenvalue weighted by Gasteiger charge is -2.24. The van der Waals surface area contributed by atoms with Gasteiger partial charge in [-0.3, -0.25) is 9.59 Å². The van der Waals surface area contributed by atoms with Gasteiger partial charge in [0.2, 0.25) is 5.91 Å². The van der Waals surface area contributed by atoms with E-state index in [1.54, 1.807) is 30.6 Å². The third-order valence-electron chi connectivity index (χ3n) is 2.44. The van der Waals surface area contributed by atoms with Gasteiger partial charge in [-0.2, -0.15) is 0 Å². The molecule has 2 atom stereocenters. The maximum atomic E-state index is 11.8. The number of carbonyl (C=O) groups excluding carboxylic acids is 2. The zero-order chi connectivity index (χ0) is 10.7. The Balaban J connectivity index is 2.67. The number of thioether (sulfide) groups is 1. The van der Waals surface area contributed by atoms with Crippen LogP contribution in [0.2, 0.25) is 0 Å². The zero-order valence-electron chi connectivity index (χ0n) is 8.74. The second-order valence-electron chi connectivity index (χ2n) is 3.44. The van der Waals surface area contributed by atoms with Gasteiger partial charge in [0.25, 0.3) is 0 Å². The van der Waals surface area contributed by atoms with Crippen molar-refractivity contribution in [1.29, 1.82) is 0 Å². The van der Waals surface area contributed by atoms with E-state index in [4.69, 9.17) is 0 Å². The highest BCUT2D eigenvalue weighted by molar-refractivity contribution is 7.99. The van der Waals surface area contributed by atoms with Crippen LogP contribution < -0.4 is 5.32 Å². The maximum Gasteiger partial charge on any atom is 0.240 e. The minimum atomic E-state index is -0.219. The Labute approximate surface area is 88.4 Å². The van der Waals surface area contributed by atoms with Crippen LogP contribution in [0.3, 0.4) is 0 Å². The molecule has 0 bridgehead atoms. The fourth-order valence-electron chi connectivity index (χ4n) is 1.37. The number of likely N-dealkylation sites (N-methyl/N-ethyl adjacent to an activating group) is 1. The van der Waals surface area contributed by atoms with Crippen LogP contribution >= 0.6 is 11.8 Å².